The normalized spacial score (nSPS) is 12.3. The van der Waals surface area contributed by atoms with Crippen LogP contribution in [0.3, 0.4) is 0 Å². The van der Waals surface area contributed by atoms with Crippen LogP contribution in [0.1, 0.15) is 30.0 Å². The lowest BCUT2D eigenvalue weighted by atomic mass is 10.1. The Bertz CT molecular complexity index is 711. The van der Waals surface area contributed by atoms with Gasteiger partial charge in [-0.25, -0.2) is 14.3 Å². The fourth-order valence-electron chi connectivity index (χ4n) is 1.81. The van der Waals surface area contributed by atoms with Crippen molar-refractivity contribution in [3.63, 3.8) is 0 Å². The van der Waals surface area contributed by atoms with Gasteiger partial charge in [0.2, 0.25) is 0 Å². The number of hydrogen-bond donors (Lipinski definition) is 2. The van der Waals surface area contributed by atoms with Crippen molar-refractivity contribution in [1.82, 2.24) is 14.6 Å². The number of Topliss-reactive ketones (excluding diaryl/α,β-unsaturated/α-hetero) is 1. The van der Waals surface area contributed by atoms with Crippen LogP contribution in [0, 0.1) is 0 Å². The van der Waals surface area contributed by atoms with E-state index in [4.69, 9.17) is 10.8 Å². The number of ketones is 1. The van der Waals surface area contributed by atoms with E-state index in [9.17, 15) is 9.59 Å². The summed E-state index contributed by atoms with van der Waals surface area (Å²) >= 11 is 0. The van der Waals surface area contributed by atoms with Gasteiger partial charge in [-0.15, -0.1) is 0 Å². The second kappa shape index (κ2) is 4.52. The molecule has 0 saturated heterocycles. The standard InChI is InChI=1S/C12H12N4O3/c1-6(13)11(7(2)17)8-3-4-10-14-5-9(12(18)19)16(10)15-8/h3-5H,13H2,1-2H3,(H,18,19)/b11-6+. The lowest BCUT2D eigenvalue weighted by molar-refractivity contribution is -0.111. The molecule has 0 spiro atoms. The maximum atomic E-state index is 11.6. The van der Waals surface area contributed by atoms with Crippen molar-refractivity contribution in [3.05, 3.63) is 35.4 Å². The first kappa shape index (κ1) is 12.7. The van der Waals surface area contributed by atoms with E-state index in [2.05, 4.69) is 10.1 Å². The SMILES string of the molecule is CC(=O)/C(=C(/C)N)c1ccc2ncc(C(=O)O)n2n1. The van der Waals surface area contributed by atoms with Gasteiger partial charge in [-0.3, -0.25) is 4.79 Å². The van der Waals surface area contributed by atoms with Crippen LogP contribution >= 0.6 is 0 Å². The molecule has 2 rings (SSSR count). The summed E-state index contributed by atoms with van der Waals surface area (Å²) in [5.41, 5.74) is 6.90. The second-order valence-electron chi connectivity index (χ2n) is 4.05. The van der Waals surface area contributed by atoms with Crippen LogP contribution in [0.25, 0.3) is 11.2 Å². The quantitative estimate of drug-likeness (QED) is 0.786. The number of nitrogens with zero attached hydrogens (tertiary/aromatic N) is 3. The molecule has 2 aromatic rings. The van der Waals surface area contributed by atoms with Crippen LogP contribution in [-0.4, -0.2) is 31.5 Å². The van der Waals surface area contributed by atoms with Gasteiger partial charge in [0, 0.05) is 5.70 Å². The first-order valence-electron chi connectivity index (χ1n) is 5.47. The number of aromatic nitrogens is 3. The Kier molecular flexibility index (Phi) is 3.04. The maximum absolute atomic E-state index is 11.6. The number of allylic oxidation sites excluding steroid dienone is 2. The molecule has 3 N–H and O–H groups in total. The summed E-state index contributed by atoms with van der Waals surface area (Å²) in [5.74, 6) is -1.38. The number of carbonyl (C=O) groups is 2. The molecule has 0 aliphatic rings. The Hall–Kier alpha value is -2.70. The summed E-state index contributed by atoms with van der Waals surface area (Å²) in [5, 5.41) is 13.1. The monoisotopic (exact) mass is 260 g/mol. The zero-order valence-corrected chi connectivity index (χ0v) is 10.4. The van der Waals surface area contributed by atoms with Crippen LogP contribution in [0.15, 0.2) is 24.0 Å². The van der Waals surface area contributed by atoms with Gasteiger partial charge in [0.05, 0.1) is 17.5 Å². The molecule has 0 fully saturated rings. The molecule has 19 heavy (non-hydrogen) atoms. The maximum Gasteiger partial charge on any atom is 0.356 e. The Morgan fingerprint density at radius 2 is 2.00 bits per heavy atom. The van der Waals surface area contributed by atoms with Gasteiger partial charge in [-0.05, 0) is 26.0 Å². The van der Waals surface area contributed by atoms with Gasteiger partial charge in [-0.2, -0.15) is 5.10 Å². The minimum atomic E-state index is -1.14. The van der Waals surface area contributed by atoms with Crippen molar-refractivity contribution in [1.29, 1.82) is 0 Å². The van der Waals surface area contributed by atoms with E-state index in [1.807, 2.05) is 0 Å². The van der Waals surface area contributed by atoms with E-state index >= 15 is 0 Å². The summed E-state index contributed by atoms with van der Waals surface area (Å²) in [6.45, 7) is 2.97. The van der Waals surface area contributed by atoms with Crippen molar-refractivity contribution in [3.8, 4) is 0 Å². The molecule has 0 aliphatic carbocycles. The van der Waals surface area contributed by atoms with Gasteiger partial charge in [-0.1, -0.05) is 0 Å². The van der Waals surface area contributed by atoms with Gasteiger partial charge < -0.3 is 10.8 Å². The molecule has 0 saturated carbocycles. The summed E-state index contributed by atoms with van der Waals surface area (Å²) < 4.78 is 1.17. The van der Waals surface area contributed by atoms with Crippen LogP contribution < -0.4 is 5.73 Å². The molecule has 0 amide bonds. The van der Waals surface area contributed by atoms with Crippen molar-refractivity contribution in [2.75, 3.05) is 0 Å². The largest absolute Gasteiger partial charge is 0.476 e. The molecule has 0 bridgehead atoms. The number of carboxylic acids is 1. The molecule has 0 aromatic carbocycles. The topological polar surface area (TPSA) is 111 Å². The van der Waals surface area contributed by atoms with Crippen molar-refractivity contribution in [2.24, 2.45) is 5.73 Å². The first-order valence-corrected chi connectivity index (χ1v) is 5.47. The number of imidazole rings is 1. The molecule has 0 unspecified atom stereocenters. The second-order valence-corrected chi connectivity index (χ2v) is 4.05. The highest BCUT2D eigenvalue weighted by molar-refractivity contribution is 6.19. The average Bonchev–Trinajstić information content (AvgIpc) is 2.70. The lowest BCUT2D eigenvalue weighted by Crippen LogP contribution is -2.10. The molecule has 2 aromatic heterocycles. The Morgan fingerprint density at radius 1 is 1.32 bits per heavy atom. The van der Waals surface area contributed by atoms with Crippen LogP contribution in [0.4, 0.5) is 0 Å². The van der Waals surface area contributed by atoms with Crippen LogP contribution in [-0.2, 0) is 4.79 Å². The molecular formula is C12H12N4O3. The summed E-state index contributed by atoms with van der Waals surface area (Å²) in [6.07, 6.45) is 1.21. The fourth-order valence-corrected chi connectivity index (χ4v) is 1.81. The minimum absolute atomic E-state index is 0.0746. The van der Waals surface area contributed by atoms with Crippen molar-refractivity contribution >= 4 is 23.0 Å². The molecular weight excluding hydrogens is 248 g/mol. The number of rotatable bonds is 3. The number of nitrogens with two attached hydrogens (primary N) is 1. The number of carboxylic acid groups (broad SMARTS) is 1. The highest BCUT2D eigenvalue weighted by Gasteiger charge is 2.16. The zero-order chi connectivity index (χ0) is 14.2. The van der Waals surface area contributed by atoms with Crippen molar-refractivity contribution < 1.29 is 14.7 Å². The third kappa shape index (κ3) is 2.17. The van der Waals surface area contributed by atoms with Crippen molar-refractivity contribution in [2.45, 2.75) is 13.8 Å². The highest BCUT2D eigenvalue weighted by Crippen LogP contribution is 2.16. The smallest absolute Gasteiger partial charge is 0.356 e. The predicted molar refractivity (Wildman–Crippen MR) is 67.4 cm³/mol. The third-order valence-corrected chi connectivity index (χ3v) is 2.58. The Labute approximate surface area is 108 Å². The van der Waals surface area contributed by atoms with Crippen LogP contribution in [0.5, 0.6) is 0 Å². The average molecular weight is 260 g/mol. The molecule has 7 heteroatoms. The summed E-state index contributed by atoms with van der Waals surface area (Å²) in [4.78, 5) is 26.5. The van der Waals surface area contributed by atoms with Gasteiger partial charge in [0.25, 0.3) is 0 Å². The lowest BCUT2D eigenvalue weighted by Gasteiger charge is -2.06. The number of hydrogen-bond acceptors (Lipinski definition) is 5. The predicted octanol–water partition coefficient (Wildman–Crippen LogP) is 0.706. The molecule has 98 valence electrons. The van der Waals surface area contributed by atoms with Crippen LogP contribution in [0.2, 0.25) is 0 Å². The van der Waals surface area contributed by atoms with E-state index in [1.165, 1.54) is 17.6 Å². The molecule has 2 heterocycles. The van der Waals surface area contributed by atoms with E-state index in [0.29, 0.717) is 17.0 Å². The van der Waals surface area contributed by atoms with E-state index in [1.54, 1.807) is 19.1 Å². The molecule has 0 aliphatic heterocycles. The van der Waals surface area contributed by atoms with Gasteiger partial charge in [0.15, 0.2) is 17.1 Å². The summed E-state index contributed by atoms with van der Waals surface area (Å²) in [7, 11) is 0. The van der Waals surface area contributed by atoms with Gasteiger partial charge >= 0.3 is 5.97 Å². The zero-order valence-electron chi connectivity index (χ0n) is 10.4. The van der Waals surface area contributed by atoms with E-state index in [0.717, 1.165) is 0 Å². The first-order chi connectivity index (χ1) is 8.91. The Balaban J connectivity index is 2.70. The molecule has 7 nitrogen and oxygen atoms in total. The van der Waals surface area contributed by atoms with E-state index in [-0.39, 0.29) is 17.1 Å². The summed E-state index contributed by atoms with van der Waals surface area (Å²) in [6, 6.07) is 3.17. The number of fused-ring (bicyclic) bond motifs is 1. The van der Waals surface area contributed by atoms with Gasteiger partial charge in [0.1, 0.15) is 0 Å². The Morgan fingerprint density at radius 3 is 2.53 bits per heavy atom. The third-order valence-electron chi connectivity index (χ3n) is 2.58. The van der Waals surface area contributed by atoms with E-state index < -0.39 is 5.97 Å². The molecule has 0 atom stereocenters. The fraction of sp³-hybridized carbons (Fsp3) is 0.167. The number of aromatic carboxylic acids is 1. The number of carbonyl (C=O) groups excluding carboxylic acids is 1. The minimum Gasteiger partial charge on any atom is -0.476 e. The highest BCUT2D eigenvalue weighted by atomic mass is 16.4. The molecule has 0 radical (unpaired) electrons.